The van der Waals surface area contributed by atoms with E-state index in [1.54, 1.807) is 68.2 Å². The van der Waals surface area contributed by atoms with Gasteiger partial charge in [0, 0.05) is 44.7 Å². The van der Waals surface area contributed by atoms with Crippen molar-refractivity contribution < 1.29 is 33.3 Å². The normalized spacial score (nSPS) is 17.4. The average molecular weight is 692 g/mol. The van der Waals surface area contributed by atoms with Gasteiger partial charge in [0.2, 0.25) is 0 Å². The highest BCUT2D eigenvalue weighted by Crippen LogP contribution is 2.37. The minimum atomic E-state index is -2.15. The SMILES string of the molecule is C#CC1CC(n2cnc3c(NC(C)C)nc(C)nc32)OC1COC(Cc1ccc(N(CC)C(=O)N(C)CC)cc1)(C(=O)OCC)C(=O)OCC. The molecule has 2 amide bonds. The molecular formula is C36H49N7O7. The lowest BCUT2D eigenvalue weighted by molar-refractivity contribution is -0.195. The third-order valence-electron chi connectivity index (χ3n) is 8.47. The number of terminal acetylenes is 1. The summed E-state index contributed by atoms with van der Waals surface area (Å²) in [5.74, 6) is 1.78. The van der Waals surface area contributed by atoms with E-state index in [0.29, 0.717) is 53.6 Å². The van der Waals surface area contributed by atoms with E-state index >= 15 is 0 Å². The number of anilines is 2. The zero-order chi connectivity index (χ0) is 36.6. The second-order valence-corrected chi connectivity index (χ2v) is 12.3. The van der Waals surface area contributed by atoms with Gasteiger partial charge < -0.3 is 29.2 Å². The highest BCUT2D eigenvalue weighted by Gasteiger charge is 2.52. The summed E-state index contributed by atoms with van der Waals surface area (Å²) < 4.78 is 25.4. The number of aryl methyl sites for hydroxylation is 1. The molecule has 14 nitrogen and oxygen atoms in total. The molecule has 1 saturated heterocycles. The quantitative estimate of drug-likeness (QED) is 0.136. The van der Waals surface area contributed by atoms with Crippen molar-refractivity contribution >= 4 is 40.6 Å². The van der Waals surface area contributed by atoms with Gasteiger partial charge in [-0.15, -0.1) is 12.3 Å². The van der Waals surface area contributed by atoms with Crippen LogP contribution >= 0.6 is 0 Å². The first-order valence-electron chi connectivity index (χ1n) is 17.1. The van der Waals surface area contributed by atoms with Crippen LogP contribution in [0.3, 0.4) is 0 Å². The molecule has 1 aliphatic heterocycles. The van der Waals surface area contributed by atoms with Crippen molar-refractivity contribution in [3.05, 3.63) is 42.0 Å². The first kappa shape index (κ1) is 38.1. The van der Waals surface area contributed by atoms with Crippen molar-refractivity contribution in [2.45, 2.75) is 85.3 Å². The maximum Gasteiger partial charge on any atom is 0.350 e. The average Bonchev–Trinajstić information content (AvgIpc) is 3.71. The highest BCUT2D eigenvalue weighted by molar-refractivity contribution is 6.04. The van der Waals surface area contributed by atoms with Crippen LogP contribution in [0.25, 0.3) is 11.2 Å². The number of carbonyl (C=O) groups excluding carboxylic acids is 3. The lowest BCUT2D eigenvalue weighted by atomic mass is 9.93. The fourth-order valence-corrected chi connectivity index (χ4v) is 5.81. The van der Waals surface area contributed by atoms with Crippen LogP contribution < -0.4 is 10.2 Å². The third kappa shape index (κ3) is 8.17. The molecule has 0 aliphatic carbocycles. The van der Waals surface area contributed by atoms with E-state index in [2.05, 4.69) is 26.2 Å². The lowest BCUT2D eigenvalue weighted by Crippen LogP contribution is -2.54. The molecule has 0 radical (unpaired) electrons. The van der Waals surface area contributed by atoms with Crippen LogP contribution in [0, 0.1) is 25.2 Å². The summed E-state index contributed by atoms with van der Waals surface area (Å²) in [6.07, 6.45) is 6.61. The standard InChI is InChI=1S/C36H49N7O7/c1-10-26-19-29(43-22-37-30-31(38-23(6)7)39-24(8)40-32(30)43)50-28(26)21-49-36(33(44)47-13-4,34(45)48-14-5)20-25-15-17-27(18-16-25)42(12-3)35(46)41(9)11-2/h1,15-18,22-23,26,28-29H,11-14,19-21H2,2-9H3,(H,38,39,40). The molecule has 2 aromatic heterocycles. The molecule has 0 spiro atoms. The maximum absolute atomic E-state index is 13.7. The van der Waals surface area contributed by atoms with Crippen LogP contribution in [0.4, 0.5) is 16.3 Å². The minimum Gasteiger partial charge on any atom is -0.463 e. The van der Waals surface area contributed by atoms with Gasteiger partial charge in [0.25, 0.3) is 5.60 Å². The molecule has 1 fully saturated rings. The molecule has 3 aromatic rings. The Hall–Kier alpha value is -4.74. The topological polar surface area (TPSA) is 150 Å². The number of carbonyl (C=O) groups is 3. The van der Waals surface area contributed by atoms with Crippen LogP contribution in [-0.2, 0) is 35.0 Å². The number of imidazole rings is 1. The monoisotopic (exact) mass is 691 g/mol. The van der Waals surface area contributed by atoms with Crippen molar-refractivity contribution in [1.82, 2.24) is 24.4 Å². The number of hydrogen-bond donors (Lipinski definition) is 1. The summed E-state index contributed by atoms with van der Waals surface area (Å²) in [5.41, 5.74) is 0.293. The first-order valence-corrected chi connectivity index (χ1v) is 17.1. The van der Waals surface area contributed by atoms with Crippen molar-refractivity contribution in [3.63, 3.8) is 0 Å². The zero-order valence-corrected chi connectivity index (χ0v) is 30.3. The molecule has 3 atom stereocenters. The summed E-state index contributed by atoms with van der Waals surface area (Å²) in [4.78, 5) is 57.2. The minimum absolute atomic E-state index is 0.0123. The number of nitrogens with zero attached hydrogens (tertiary/aromatic N) is 6. The number of urea groups is 1. The van der Waals surface area contributed by atoms with Crippen molar-refractivity contribution in [3.8, 4) is 12.3 Å². The van der Waals surface area contributed by atoms with Gasteiger partial charge in [-0.3, -0.25) is 9.47 Å². The van der Waals surface area contributed by atoms with E-state index in [0.717, 1.165) is 0 Å². The van der Waals surface area contributed by atoms with Gasteiger partial charge in [-0.05, 0) is 66.2 Å². The molecular weight excluding hydrogens is 642 g/mol. The van der Waals surface area contributed by atoms with E-state index in [-0.39, 0.29) is 38.3 Å². The van der Waals surface area contributed by atoms with Crippen LogP contribution in [0.2, 0.25) is 0 Å². The summed E-state index contributed by atoms with van der Waals surface area (Å²) in [6, 6.07) is 7.02. The molecule has 1 aliphatic rings. The summed E-state index contributed by atoms with van der Waals surface area (Å²) in [7, 11) is 1.73. The second kappa shape index (κ2) is 16.8. The number of ether oxygens (including phenoxy) is 4. The third-order valence-corrected chi connectivity index (χ3v) is 8.47. The van der Waals surface area contributed by atoms with Crippen molar-refractivity contribution in [2.75, 3.05) is 50.2 Å². The van der Waals surface area contributed by atoms with Crippen molar-refractivity contribution in [2.24, 2.45) is 5.92 Å². The number of aromatic nitrogens is 4. The summed E-state index contributed by atoms with van der Waals surface area (Å²) in [6.45, 7) is 13.8. The number of fused-ring (bicyclic) bond motifs is 1. The number of amides is 2. The van der Waals surface area contributed by atoms with E-state index in [1.165, 1.54) is 0 Å². The van der Waals surface area contributed by atoms with Gasteiger partial charge in [0.15, 0.2) is 17.0 Å². The molecule has 1 aromatic carbocycles. The van der Waals surface area contributed by atoms with Gasteiger partial charge in [0.1, 0.15) is 12.1 Å². The number of rotatable bonds is 15. The largest absolute Gasteiger partial charge is 0.463 e. The van der Waals surface area contributed by atoms with Crippen LogP contribution in [0.1, 0.15) is 65.6 Å². The van der Waals surface area contributed by atoms with Gasteiger partial charge in [-0.1, -0.05) is 12.1 Å². The molecule has 50 heavy (non-hydrogen) atoms. The molecule has 1 N–H and O–H groups in total. The van der Waals surface area contributed by atoms with Gasteiger partial charge in [0.05, 0.1) is 38.2 Å². The Kier molecular flexibility index (Phi) is 12.8. The Morgan fingerprint density at radius 3 is 2.30 bits per heavy atom. The fraction of sp³-hybridized carbons (Fsp3) is 0.556. The summed E-state index contributed by atoms with van der Waals surface area (Å²) in [5, 5.41) is 3.32. The smallest absolute Gasteiger partial charge is 0.350 e. The first-order chi connectivity index (χ1) is 23.9. The molecule has 4 rings (SSSR count). The maximum atomic E-state index is 13.7. The second-order valence-electron chi connectivity index (χ2n) is 12.3. The number of nitrogens with one attached hydrogen (secondary N) is 1. The van der Waals surface area contributed by atoms with Gasteiger partial charge >= 0.3 is 18.0 Å². The molecule has 0 bridgehead atoms. The predicted molar refractivity (Wildman–Crippen MR) is 188 cm³/mol. The van der Waals surface area contributed by atoms with Gasteiger partial charge in [-0.25, -0.2) is 29.3 Å². The Morgan fingerprint density at radius 2 is 1.74 bits per heavy atom. The van der Waals surface area contributed by atoms with E-state index in [4.69, 9.17) is 25.4 Å². The fourth-order valence-electron chi connectivity index (χ4n) is 5.81. The lowest BCUT2D eigenvalue weighted by Gasteiger charge is -2.31. The Bertz CT molecular complexity index is 1670. The Labute approximate surface area is 293 Å². The number of benzene rings is 1. The van der Waals surface area contributed by atoms with E-state index in [1.807, 2.05) is 32.3 Å². The highest BCUT2D eigenvalue weighted by atomic mass is 16.6. The van der Waals surface area contributed by atoms with E-state index in [9.17, 15) is 14.4 Å². The molecule has 270 valence electrons. The van der Waals surface area contributed by atoms with Gasteiger partial charge in [-0.2, -0.15) is 0 Å². The van der Waals surface area contributed by atoms with Crippen molar-refractivity contribution in [1.29, 1.82) is 0 Å². The van der Waals surface area contributed by atoms with Crippen LogP contribution in [0.15, 0.2) is 30.6 Å². The number of esters is 2. The van der Waals surface area contributed by atoms with Crippen LogP contribution in [0.5, 0.6) is 0 Å². The molecule has 0 saturated carbocycles. The summed E-state index contributed by atoms with van der Waals surface area (Å²) >= 11 is 0. The zero-order valence-electron chi connectivity index (χ0n) is 30.3. The predicted octanol–water partition coefficient (Wildman–Crippen LogP) is 4.51. The Balaban J connectivity index is 1.62. The molecule has 3 heterocycles. The van der Waals surface area contributed by atoms with E-state index < -0.39 is 35.8 Å². The number of hydrogen-bond acceptors (Lipinski definition) is 11. The molecule has 3 unspecified atom stereocenters. The molecule has 14 heteroatoms. The van der Waals surface area contributed by atoms with Crippen LogP contribution in [-0.4, -0.2) is 100 Å². The Morgan fingerprint density at radius 1 is 1.08 bits per heavy atom.